The maximum Gasteiger partial charge on any atom is 0.225 e. The van der Waals surface area contributed by atoms with Crippen LogP contribution in [0.15, 0.2) is 18.3 Å². The predicted octanol–water partition coefficient (Wildman–Crippen LogP) is 2.50. The lowest BCUT2D eigenvalue weighted by atomic mass is 9.95. The van der Waals surface area contributed by atoms with Crippen molar-refractivity contribution in [2.24, 2.45) is 5.73 Å². The number of aromatic nitrogens is 1. The quantitative estimate of drug-likeness (QED) is 0.746. The largest absolute Gasteiger partial charge is 0.381 e. The maximum atomic E-state index is 11.6. The highest BCUT2D eigenvalue weighted by Crippen LogP contribution is 2.21. The summed E-state index contributed by atoms with van der Waals surface area (Å²) >= 11 is 0. The molecule has 0 aliphatic heterocycles. The number of nitrogens with zero attached hydrogens (tertiary/aromatic N) is 1. The van der Waals surface area contributed by atoms with Crippen molar-refractivity contribution in [1.82, 2.24) is 4.98 Å². The number of carbonyl (C=O) groups is 1. The Morgan fingerprint density at radius 1 is 1.30 bits per heavy atom. The van der Waals surface area contributed by atoms with Crippen LogP contribution in [0.5, 0.6) is 0 Å². The Balaban J connectivity index is 1.81. The van der Waals surface area contributed by atoms with Crippen LogP contribution in [0.2, 0.25) is 0 Å². The summed E-state index contributed by atoms with van der Waals surface area (Å²) in [4.78, 5) is 15.8. The Morgan fingerprint density at radius 3 is 2.75 bits per heavy atom. The Kier molecular flexibility index (Phi) is 5.80. The second-order valence-corrected chi connectivity index (χ2v) is 5.35. The smallest absolute Gasteiger partial charge is 0.225 e. The van der Waals surface area contributed by atoms with Crippen LogP contribution in [0, 0.1) is 0 Å². The van der Waals surface area contributed by atoms with E-state index in [-0.39, 0.29) is 5.91 Å². The summed E-state index contributed by atoms with van der Waals surface area (Å²) in [6.07, 6.45) is 9.36. The molecule has 0 spiro atoms. The van der Waals surface area contributed by atoms with Gasteiger partial charge in [0.15, 0.2) is 0 Å². The van der Waals surface area contributed by atoms with E-state index in [9.17, 15) is 4.79 Å². The van der Waals surface area contributed by atoms with E-state index in [0.717, 1.165) is 5.69 Å². The molecule has 0 aromatic carbocycles. The molecule has 1 amide bonds. The van der Waals surface area contributed by atoms with Crippen LogP contribution in [0.25, 0.3) is 0 Å². The first-order valence-corrected chi connectivity index (χ1v) is 7.50. The minimum atomic E-state index is -0.0315. The van der Waals surface area contributed by atoms with Crippen molar-refractivity contribution in [3.63, 3.8) is 0 Å². The van der Waals surface area contributed by atoms with Gasteiger partial charge in [-0.05, 0) is 37.9 Å². The van der Waals surface area contributed by atoms with Crippen molar-refractivity contribution < 1.29 is 4.79 Å². The van der Waals surface area contributed by atoms with Gasteiger partial charge in [-0.15, -0.1) is 0 Å². The molecular formula is C15H24N4O. The summed E-state index contributed by atoms with van der Waals surface area (Å²) < 4.78 is 0. The van der Waals surface area contributed by atoms with Crippen LogP contribution in [-0.2, 0) is 4.79 Å². The normalized spacial score (nSPS) is 15.8. The van der Waals surface area contributed by atoms with Gasteiger partial charge in [0.25, 0.3) is 0 Å². The van der Waals surface area contributed by atoms with Crippen molar-refractivity contribution in [3.05, 3.63) is 18.3 Å². The van der Waals surface area contributed by atoms with E-state index in [1.165, 1.54) is 32.1 Å². The first kappa shape index (κ1) is 14.8. The van der Waals surface area contributed by atoms with Gasteiger partial charge in [-0.25, -0.2) is 4.98 Å². The maximum absolute atomic E-state index is 11.6. The molecule has 110 valence electrons. The molecule has 1 aliphatic rings. The fourth-order valence-corrected chi connectivity index (χ4v) is 2.50. The number of hydrogen-bond acceptors (Lipinski definition) is 4. The topological polar surface area (TPSA) is 80.0 Å². The highest BCUT2D eigenvalue weighted by atomic mass is 16.1. The summed E-state index contributed by atoms with van der Waals surface area (Å²) in [5.41, 5.74) is 6.40. The molecule has 2 rings (SSSR count). The molecule has 5 nitrogen and oxygen atoms in total. The van der Waals surface area contributed by atoms with Gasteiger partial charge in [-0.3, -0.25) is 4.79 Å². The fraction of sp³-hybridized carbons (Fsp3) is 0.600. The second-order valence-electron chi connectivity index (χ2n) is 5.35. The van der Waals surface area contributed by atoms with Gasteiger partial charge in [-0.1, -0.05) is 19.3 Å². The Morgan fingerprint density at radius 2 is 2.10 bits per heavy atom. The molecule has 1 fully saturated rings. The number of rotatable bonds is 6. The van der Waals surface area contributed by atoms with Crippen LogP contribution < -0.4 is 16.4 Å². The van der Waals surface area contributed by atoms with Crippen LogP contribution in [0.4, 0.5) is 11.5 Å². The molecule has 0 atom stereocenters. The average Bonchev–Trinajstić information content (AvgIpc) is 2.48. The fourth-order valence-electron chi connectivity index (χ4n) is 2.50. The number of nitrogens with one attached hydrogen (secondary N) is 2. The lowest BCUT2D eigenvalue weighted by Crippen LogP contribution is -2.22. The van der Waals surface area contributed by atoms with Crippen LogP contribution in [-0.4, -0.2) is 23.5 Å². The van der Waals surface area contributed by atoms with E-state index in [1.54, 1.807) is 6.20 Å². The van der Waals surface area contributed by atoms with Crippen molar-refractivity contribution >= 4 is 17.4 Å². The molecule has 0 saturated heterocycles. The Hall–Kier alpha value is -1.62. The molecule has 0 bridgehead atoms. The van der Waals surface area contributed by atoms with Gasteiger partial charge in [0.2, 0.25) is 5.91 Å². The minimum Gasteiger partial charge on any atom is -0.381 e. The lowest BCUT2D eigenvalue weighted by molar-refractivity contribution is -0.116. The molecule has 1 aliphatic carbocycles. The number of nitrogens with two attached hydrogens (primary N) is 1. The van der Waals surface area contributed by atoms with Gasteiger partial charge >= 0.3 is 0 Å². The molecule has 1 aromatic rings. The Labute approximate surface area is 120 Å². The Bertz CT molecular complexity index is 412. The summed E-state index contributed by atoms with van der Waals surface area (Å²) in [6, 6.07) is 4.38. The van der Waals surface area contributed by atoms with Crippen LogP contribution in [0.3, 0.4) is 0 Å². The van der Waals surface area contributed by atoms with Gasteiger partial charge < -0.3 is 16.4 Å². The SMILES string of the molecule is NCCCC(=O)Nc1ccc(NC2CCCCC2)cn1. The number of hydrogen-bond donors (Lipinski definition) is 3. The number of pyridine rings is 1. The summed E-state index contributed by atoms with van der Waals surface area (Å²) in [7, 11) is 0. The average molecular weight is 276 g/mol. The summed E-state index contributed by atoms with van der Waals surface area (Å²) in [5.74, 6) is 0.567. The molecule has 1 aromatic heterocycles. The van der Waals surface area contributed by atoms with E-state index in [4.69, 9.17) is 5.73 Å². The number of carbonyl (C=O) groups excluding carboxylic acids is 1. The van der Waals surface area contributed by atoms with Gasteiger partial charge in [-0.2, -0.15) is 0 Å². The molecule has 5 heteroatoms. The van der Waals surface area contributed by atoms with Gasteiger partial charge in [0, 0.05) is 12.5 Å². The highest BCUT2D eigenvalue weighted by molar-refractivity contribution is 5.89. The molecule has 4 N–H and O–H groups in total. The van der Waals surface area contributed by atoms with Gasteiger partial charge in [0.05, 0.1) is 11.9 Å². The number of amides is 1. The van der Waals surface area contributed by atoms with E-state index >= 15 is 0 Å². The van der Waals surface area contributed by atoms with E-state index in [1.807, 2.05) is 12.1 Å². The third-order valence-corrected chi connectivity index (χ3v) is 3.61. The van der Waals surface area contributed by atoms with Crippen molar-refractivity contribution in [1.29, 1.82) is 0 Å². The molecule has 1 heterocycles. The third kappa shape index (κ3) is 4.81. The van der Waals surface area contributed by atoms with E-state index in [0.29, 0.717) is 31.2 Å². The van der Waals surface area contributed by atoms with Crippen molar-refractivity contribution in [2.45, 2.75) is 51.0 Å². The first-order chi connectivity index (χ1) is 9.78. The molecule has 0 radical (unpaired) electrons. The second kappa shape index (κ2) is 7.85. The zero-order valence-corrected chi connectivity index (χ0v) is 11.9. The van der Waals surface area contributed by atoms with Gasteiger partial charge in [0.1, 0.15) is 5.82 Å². The van der Waals surface area contributed by atoms with Crippen LogP contribution in [0.1, 0.15) is 44.9 Å². The molecular weight excluding hydrogens is 252 g/mol. The first-order valence-electron chi connectivity index (χ1n) is 7.50. The van der Waals surface area contributed by atoms with E-state index < -0.39 is 0 Å². The molecule has 20 heavy (non-hydrogen) atoms. The summed E-state index contributed by atoms with van der Waals surface area (Å²) in [6.45, 7) is 0.533. The monoisotopic (exact) mass is 276 g/mol. The third-order valence-electron chi connectivity index (χ3n) is 3.61. The molecule has 1 saturated carbocycles. The lowest BCUT2D eigenvalue weighted by Gasteiger charge is -2.23. The summed E-state index contributed by atoms with van der Waals surface area (Å²) in [5, 5.41) is 6.28. The zero-order valence-electron chi connectivity index (χ0n) is 11.9. The van der Waals surface area contributed by atoms with Crippen molar-refractivity contribution in [3.8, 4) is 0 Å². The minimum absolute atomic E-state index is 0.0315. The standard InChI is InChI=1S/C15H24N4O/c16-10-4-7-15(20)19-14-9-8-13(11-17-14)18-12-5-2-1-3-6-12/h8-9,11-12,18H,1-7,10,16H2,(H,17,19,20). The zero-order chi connectivity index (χ0) is 14.2. The predicted molar refractivity (Wildman–Crippen MR) is 81.7 cm³/mol. The van der Waals surface area contributed by atoms with E-state index in [2.05, 4.69) is 15.6 Å². The molecule has 0 unspecified atom stereocenters. The number of anilines is 2. The van der Waals surface area contributed by atoms with Crippen LogP contribution >= 0.6 is 0 Å². The van der Waals surface area contributed by atoms with Crippen molar-refractivity contribution in [2.75, 3.05) is 17.2 Å². The highest BCUT2D eigenvalue weighted by Gasteiger charge is 2.12.